The number of halogens is 1. The van der Waals surface area contributed by atoms with Gasteiger partial charge >= 0.3 is 0 Å². The van der Waals surface area contributed by atoms with Crippen molar-refractivity contribution in [2.45, 2.75) is 6.92 Å². The summed E-state index contributed by atoms with van der Waals surface area (Å²) in [6, 6.07) is 12.7. The number of hydrogen-bond donors (Lipinski definition) is 0. The molecule has 3 aromatic rings. The van der Waals surface area contributed by atoms with E-state index < -0.39 is 0 Å². The zero-order chi connectivity index (χ0) is 17.7. The highest BCUT2D eigenvalue weighted by molar-refractivity contribution is 6.34. The van der Waals surface area contributed by atoms with Crippen LogP contribution in [0.5, 0.6) is 0 Å². The van der Waals surface area contributed by atoms with E-state index in [9.17, 15) is 14.0 Å². The molecule has 2 aromatic carbocycles. The van der Waals surface area contributed by atoms with Gasteiger partial charge in [0.1, 0.15) is 5.82 Å². The first-order chi connectivity index (χ1) is 12.0. The number of hydrogen-bond acceptors (Lipinski definition) is 3. The van der Waals surface area contributed by atoms with Gasteiger partial charge in [0.25, 0.3) is 11.8 Å². The van der Waals surface area contributed by atoms with Crippen molar-refractivity contribution in [1.29, 1.82) is 0 Å². The fraction of sp³-hybridized carbons (Fsp3) is 0.105. The summed E-state index contributed by atoms with van der Waals surface area (Å²) in [7, 11) is 1.73. The lowest BCUT2D eigenvalue weighted by molar-refractivity contribution is 0.0924. The summed E-state index contributed by atoms with van der Waals surface area (Å²) in [4.78, 5) is 26.4. The zero-order valence-electron chi connectivity index (χ0n) is 13.7. The van der Waals surface area contributed by atoms with Crippen molar-refractivity contribution >= 4 is 17.6 Å². The van der Waals surface area contributed by atoms with Gasteiger partial charge in [0, 0.05) is 18.2 Å². The van der Waals surface area contributed by atoms with Crippen LogP contribution in [0.3, 0.4) is 0 Å². The smallest absolute Gasteiger partial charge is 0.267 e. The molecule has 0 N–H and O–H groups in total. The zero-order valence-corrected chi connectivity index (χ0v) is 13.7. The van der Waals surface area contributed by atoms with Gasteiger partial charge in [-0.2, -0.15) is 5.10 Å². The topological polar surface area (TPSA) is 55.2 Å². The molecule has 0 aliphatic carbocycles. The Bertz CT molecular complexity index is 987. The van der Waals surface area contributed by atoms with E-state index in [2.05, 4.69) is 5.10 Å². The van der Waals surface area contributed by atoms with Crippen molar-refractivity contribution in [1.82, 2.24) is 9.78 Å². The number of carbonyl (C=O) groups is 2. The number of anilines is 1. The minimum Gasteiger partial charge on any atom is -0.268 e. The van der Waals surface area contributed by atoms with Crippen molar-refractivity contribution in [3.05, 3.63) is 71.0 Å². The van der Waals surface area contributed by atoms with Crippen LogP contribution in [0, 0.1) is 12.7 Å². The van der Waals surface area contributed by atoms with E-state index in [0.717, 1.165) is 16.2 Å². The summed E-state index contributed by atoms with van der Waals surface area (Å²) in [5.41, 5.74) is 2.92. The Labute approximate surface area is 143 Å². The van der Waals surface area contributed by atoms with Gasteiger partial charge in [0.05, 0.1) is 16.8 Å². The second-order valence-corrected chi connectivity index (χ2v) is 5.92. The summed E-state index contributed by atoms with van der Waals surface area (Å²) < 4.78 is 14.8. The lowest BCUT2D eigenvalue weighted by Crippen LogP contribution is -2.30. The molecule has 0 radical (unpaired) electrons. The minimum atomic E-state index is -0.382. The molecule has 124 valence electrons. The van der Waals surface area contributed by atoms with E-state index in [1.165, 1.54) is 12.1 Å². The summed E-state index contributed by atoms with van der Waals surface area (Å²) in [6.45, 7) is 1.80. The van der Waals surface area contributed by atoms with Gasteiger partial charge in [-0.3, -0.25) is 14.3 Å². The fourth-order valence-corrected chi connectivity index (χ4v) is 3.22. The first kappa shape index (κ1) is 15.3. The van der Waals surface area contributed by atoms with E-state index >= 15 is 0 Å². The van der Waals surface area contributed by atoms with Gasteiger partial charge < -0.3 is 0 Å². The molecule has 0 atom stereocenters. The molecule has 0 fully saturated rings. The Morgan fingerprint density at radius 3 is 2.04 bits per heavy atom. The molecule has 0 spiro atoms. The Morgan fingerprint density at radius 1 is 0.920 bits per heavy atom. The third-order valence-corrected chi connectivity index (χ3v) is 4.38. The predicted molar refractivity (Wildman–Crippen MR) is 90.9 cm³/mol. The lowest BCUT2D eigenvalue weighted by atomic mass is 10.1. The van der Waals surface area contributed by atoms with E-state index in [4.69, 9.17) is 0 Å². The predicted octanol–water partition coefficient (Wildman–Crippen LogP) is 3.34. The number of aryl methyl sites for hydroxylation is 1. The summed E-state index contributed by atoms with van der Waals surface area (Å²) in [5.74, 6) is -0.794. The third kappa shape index (κ3) is 2.18. The number of nitrogens with zero attached hydrogens (tertiary/aromatic N) is 3. The van der Waals surface area contributed by atoms with Crippen LogP contribution in [0.4, 0.5) is 10.2 Å². The summed E-state index contributed by atoms with van der Waals surface area (Å²) in [6.07, 6.45) is 0. The summed E-state index contributed by atoms with van der Waals surface area (Å²) in [5, 5.41) is 4.38. The first-order valence-corrected chi connectivity index (χ1v) is 7.76. The number of imide groups is 1. The molecule has 1 aliphatic rings. The van der Waals surface area contributed by atoms with Crippen LogP contribution in [0.1, 0.15) is 26.3 Å². The maximum atomic E-state index is 13.2. The SMILES string of the molecule is Cc1c(N2C(=O)c3ccccc3C2=O)nn(C)c1-c1ccc(F)cc1. The fourth-order valence-electron chi connectivity index (χ4n) is 3.22. The number of carbonyl (C=O) groups excluding carboxylic acids is 2. The van der Waals surface area contributed by atoms with E-state index in [1.54, 1.807) is 55.1 Å². The van der Waals surface area contributed by atoms with Crippen molar-refractivity contribution in [2.24, 2.45) is 7.05 Å². The second-order valence-electron chi connectivity index (χ2n) is 5.92. The van der Waals surface area contributed by atoms with E-state index in [1.807, 2.05) is 0 Å². The Balaban J connectivity index is 1.84. The standard InChI is InChI=1S/C19H14FN3O2/c1-11-16(12-7-9-13(20)10-8-12)22(2)21-17(11)23-18(24)14-5-3-4-6-15(14)19(23)25/h3-10H,1-2H3. The van der Waals surface area contributed by atoms with Crippen molar-refractivity contribution in [3.8, 4) is 11.3 Å². The maximum Gasteiger partial charge on any atom is 0.267 e. The highest BCUT2D eigenvalue weighted by atomic mass is 19.1. The normalized spacial score (nSPS) is 13.5. The molecule has 1 aliphatic heterocycles. The van der Waals surface area contributed by atoms with Crippen LogP contribution >= 0.6 is 0 Å². The van der Waals surface area contributed by atoms with Crippen molar-refractivity contribution < 1.29 is 14.0 Å². The number of benzene rings is 2. The number of amides is 2. The van der Waals surface area contributed by atoms with Crippen LogP contribution in [-0.2, 0) is 7.05 Å². The summed E-state index contributed by atoms with van der Waals surface area (Å²) >= 11 is 0. The molecule has 0 saturated carbocycles. The van der Waals surface area contributed by atoms with Crippen LogP contribution in [0.25, 0.3) is 11.3 Å². The first-order valence-electron chi connectivity index (χ1n) is 7.76. The third-order valence-electron chi connectivity index (χ3n) is 4.38. The van der Waals surface area contributed by atoms with Crippen LogP contribution in [-0.4, -0.2) is 21.6 Å². The maximum absolute atomic E-state index is 13.2. The molecule has 5 nitrogen and oxygen atoms in total. The van der Waals surface area contributed by atoms with Gasteiger partial charge in [-0.05, 0) is 43.3 Å². The Hall–Kier alpha value is -3.28. The molecular formula is C19H14FN3O2. The second kappa shape index (κ2) is 5.37. The molecule has 1 aromatic heterocycles. The highest BCUT2D eigenvalue weighted by Crippen LogP contribution is 2.34. The number of aromatic nitrogens is 2. The average Bonchev–Trinajstić information content (AvgIpc) is 3.03. The molecule has 0 saturated heterocycles. The number of rotatable bonds is 2. The van der Waals surface area contributed by atoms with E-state index in [-0.39, 0.29) is 17.6 Å². The average molecular weight is 335 g/mol. The van der Waals surface area contributed by atoms with Gasteiger partial charge in [-0.15, -0.1) is 0 Å². The molecule has 4 rings (SSSR count). The quantitative estimate of drug-likeness (QED) is 0.675. The van der Waals surface area contributed by atoms with E-state index in [0.29, 0.717) is 22.5 Å². The highest BCUT2D eigenvalue weighted by Gasteiger charge is 2.39. The van der Waals surface area contributed by atoms with Gasteiger partial charge in [0.15, 0.2) is 5.82 Å². The lowest BCUT2D eigenvalue weighted by Gasteiger charge is -2.11. The van der Waals surface area contributed by atoms with Crippen molar-refractivity contribution in [2.75, 3.05) is 4.90 Å². The molecule has 6 heteroatoms. The largest absolute Gasteiger partial charge is 0.268 e. The van der Waals surface area contributed by atoms with Crippen LogP contribution < -0.4 is 4.90 Å². The Kier molecular flexibility index (Phi) is 3.28. The van der Waals surface area contributed by atoms with Gasteiger partial charge in [0.2, 0.25) is 0 Å². The van der Waals surface area contributed by atoms with Crippen LogP contribution in [0.15, 0.2) is 48.5 Å². The van der Waals surface area contributed by atoms with Crippen LogP contribution in [0.2, 0.25) is 0 Å². The monoisotopic (exact) mass is 335 g/mol. The molecule has 25 heavy (non-hydrogen) atoms. The van der Waals surface area contributed by atoms with Crippen molar-refractivity contribution in [3.63, 3.8) is 0 Å². The van der Waals surface area contributed by atoms with Gasteiger partial charge in [-0.1, -0.05) is 12.1 Å². The molecule has 0 bridgehead atoms. The molecular weight excluding hydrogens is 321 g/mol. The molecule has 0 unspecified atom stereocenters. The van der Waals surface area contributed by atoms with Gasteiger partial charge in [-0.25, -0.2) is 9.29 Å². The minimum absolute atomic E-state index is 0.299. The Morgan fingerprint density at radius 2 is 1.48 bits per heavy atom. The molecule has 2 heterocycles. The molecule has 2 amide bonds. The number of fused-ring (bicyclic) bond motifs is 1.